The largest absolute Gasteiger partial charge is 0.396 e. The third-order valence-corrected chi connectivity index (χ3v) is 10.3. The van der Waals surface area contributed by atoms with Crippen molar-refractivity contribution in [2.75, 3.05) is 26.4 Å². The van der Waals surface area contributed by atoms with Gasteiger partial charge in [0, 0.05) is 6.61 Å². The van der Waals surface area contributed by atoms with Crippen LogP contribution in [0.2, 0.25) is 0 Å². The molecule has 0 aliphatic heterocycles. The van der Waals surface area contributed by atoms with Crippen LogP contribution in [0.4, 0.5) is 0 Å². The predicted molar refractivity (Wildman–Crippen MR) is 197 cm³/mol. The number of hydrogen-bond acceptors (Lipinski definition) is 4. The number of hydrogen-bond donors (Lipinski definition) is 3. The predicted octanol–water partition coefficient (Wildman–Crippen LogP) is 12.2. The Balaban J connectivity index is 3.81. The lowest BCUT2D eigenvalue weighted by molar-refractivity contribution is -0.117. The molecule has 45 heavy (non-hydrogen) atoms. The van der Waals surface area contributed by atoms with E-state index in [9.17, 15) is 15.3 Å². The zero-order valence-corrected chi connectivity index (χ0v) is 31.0. The second kappa shape index (κ2) is 36.7. The van der Waals surface area contributed by atoms with E-state index < -0.39 is 5.41 Å². The van der Waals surface area contributed by atoms with Crippen molar-refractivity contribution in [3.63, 3.8) is 0 Å². The molecule has 0 amide bonds. The summed E-state index contributed by atoms with van der Waals surface area (Å²) in [5.41, 5.74) is -0.940. The van der Waals surface area contributed by atoms with Gasteiger partial charge in [0.15, 0.2) is 0 Å². The highest BCUT2D eigenvalue weighted by Gasteiger charge is 2.38. The molecule has 0 aromatic carbocycles. The molecule has 0 aromatic rings. The standard InChI is InChI=1S/C41H84O4/c1-3-5-7-9-11-13-15-17-19-21-23-25-27-29-31-33-35-40(41(37-42,38-43)39-44)45-36-34-32-30-28-26-24-22-20-18-16-14-12-10-8-6-4-2/h40,42-44H,3-39H2,1-2H3. The van der Waals surface area contributed by atoms with Crippen LogP contribution in [0, 0.1) is 5.41 Å². The quantitative estimate of drug-likeness (QED) is 0.0585. The third kappa shape index (κ3) is 28.6. The highest BCUT2D eigenvalue weighted by atomic mass is 16.5. The lowest BCUT2D eigenvalue weighted by Crippen LogP contribution is -2.46. The van der Waals surface area contributed by atoms with Gasteiger partial charge < -0.3 is 20.1 Å². The van der Waals surface area contributed by atoms with E-state index in [-0.39, 0.29) is 25.9 Å². The molecule has 3 N–H and O–H groups in total. The molecule has 0 bridgehead atoms. The van der Waals surface area contributed by atoms with Gasteiger partial charge in [0.25, 0.3) is 0 Å². The molecule has 4 nitrogen and oxygen atoms in total. The van der Waals surface area contributed by atoms with Crippen molar-refractivity contribution in [1.29, 1.82) is 0 Å². The van der Waals surface area contributed by atoms with E-state index >= 15 is 0 Å². The molecular weight excluding hydrogens is 556 g/mol. The van der Waals surface area contributed by atoms with E-state index in [1.807, 2.05) is 0 Å². The molecule has 0 radical (unpaired) electrons. The van der Waals surface area contributed by atoms with Gasteiger partial charge in [-0.25, -0.2) is 0 Å². The summed E-state index contributed by atoms with van der Waals surface area (Å²) in [7, 11) is 0. The molecule has 0 saturated carbocycles. The Hall–Kier alpha value is -0.160. The van der Waals surface area contributed by atoms with Crippen LogP contribution in [0.3, 0.4) is 0 Å². The minimum absolute atomic E-state index is 0.234. The highest BCUT2D eigenvalue weighted by Crippen LogP contribution is 2.28. The van der Waals surface area contributed by atoms with Crippen molar-refractivity contribution in [3.8, 4) is 0 Å². The zero-order valence-electron chi connectivity index (χ0n) is 31.0. The molecule has 0 aliphatic carbocycles. The van der Waals surface area contributed by atoms with Crippen LogP contribution in [-0.2, 0) is 4.74 Å². The molecule has 0 spiro atoms. The average Bonchev–Trinajstić information content (AvgIpc) is 3.06. The maximum Gasteiger partial charge on any atom is 0.0697 e. The topological polar surface area (TPSA) is 69.9 Å². The molecule has 0 heterocycles. The van der Waals surface area contributed by atoms with Crippen LogP contribution < -0.4 is 0 Å². The van der Waals surface area contributed by atoms with Crippen molar-refractivity contribution < 1.29 is 20.1 Å². The van der Waals surface area contributed by atoms with Gasteiger partial charge in [-0.2, -0.15) is 0 Å². The third-order valence-electron chi connectivity index (χ3n) is 10.3. The number of rotatable bonds is 39. The zero-order chi connectivity index (χ0) is 32.9. The number of ether oxygens (including phenoxy) is 1. The number of aliphatic hydroxyl groups is 3. The SMILES string of the molecule is CCCCCCCCCCCCCCCCCCOC(CCCCCCCCCCCCCCCCCC)C(CO)(CO)CO. The van der Waals surface area contributed by atoms with E-state index in [0.717, 1.165) is 25.7 Å². The molecule has 0 aliphatic rings. The van der Waals surface area contributed by atoms with Crippen molar-refractivity contribution in [3.05, 3.63) is 0 Å². The summed E-state index contributed by atoms with van der Waals surface area (Å²) in [6, 6.07) is 0. The Kier molecular flexibility index (Phi) is 36.5. The summed E-state index contributed by atoms with van der Waals surface area (Å²) in [5, 5.41) is 30.1. The number of unbranched alkanes of at least 4 members (excludes halogenated alkanes) is 30. The fourth-order valence-electron chi connectivity index (χ4n) is 6.78. The van der Waals surface area contributed by atoms with Gasteiger partial charge in [-0.1, -0.05) is 213 Å². The first-order valence-corrected chi connectivity index (χ1v) is 20.6. The molecule has 272 valence electrons. The maximum atomic E-state index is 10.0. The van der Waals surface area contributed by atoms with Gasteiger partial charge in [-0.05, 0) is 12.8 Å². The Labute approximate surface area is 283 Å². The molecule has 0 saturated heterocycles. The van der Waals surface area contributed by atoms with E-state index in [0.29, 0.717) is 6.61 Å². The first-order valence-electron chi connectivity index (χ1n) is 20.6. The fourth-order valence-corrected chi connectivity index (χ4v) is 6.78. The van der Waals surface area contributed by atoms with Crippen LogP contribution in [-0.4, -0.2) is 47.9 Å². The van der Waals surface area contributed by atoms with Crippen molar-refractivity contribution in [1.82, 2.24) is 0 Å². The molecular formula is C41H84O4. The summed E-state index contributed by atoms with van der Waals surface area (Å²) >= 11 is 0. The lowest BCUT2D eigenvalue weighted by atomic mass is 9.81. The summed E-state index contributed by atoms with van der Waals surface area (Å²) < 4.78 is 6.24. The summed E-state index contributed by atoms with van der Waals surface area (Å²) in [5.74, 6) is 0. The van der Waals surface area contributed by atoms with Crippen LogP contribution in [0.1, 0.15) is 226 Å². The maximum absolute atomic E-state index is 10.0. The summed E-state index contributed by atoms with van der Waals surface area (Å²) in [6.45, 7) is 4.53. The van der Waals surface area contributed by atoms with Gasteiger partial charge in [0.05, 0.1) is 31.3 Å². The van der Waals surface area contributed by atoms with Crippen molar-refractivity contribution >= 4 is 0 Å². The van der Waals surface area contributed by atoms with Gasteiger partial charge in [-0.15, -0.1) is 0 Å². The Morgan fingerprint density at radius 3 is 0.867 bits per heavy atom. The van der Waals surface area contributed by atoms with Gasteiger partial charge >= 0.3 is 0 Å². The molecule has 4 heteroatoms. The smallest absolute Gasteiger partial charge is 0.0697 e. The normalized spacial score (nSPS) is 12.7. The van der Waals surface area contributed by atoms with Gasteiger partial charge in [0.2, 0.25) is 0 Å². The second-order valence-electron chi connectivity index (χ2n) is 14.6. The Morgan fingerprint density at radius 2 is 0.600 bits per heavy atom. The fraction of sp³-hybridized carbons (Fsp3) is 1.00. The van der Waals surface area contributed by atoms with Crippen LogP contribution in [0.15, 0.2) is 0 Å². The minimum atomic E-state index is -0.940. The molecule has 0 fully saturated rings. The molecule has 0 rings (SSSR count). The monoisotopic (exact) mass is 641 g/mol. The van der Waals surface area contributed by atoms with Crippen LogP contribution >= 0.6 is 0 Å². The van der Waals surface area contributed by atoms with Crippen LogP contribution in [0.25, 0.3) is 0 Å². The first kappa shape index (κ1) is 44.8. The number of aliphatic hydroxyl groups excluding tert-OH is 3. The van der Waals surface area contributed by atoms with E-state index in [4.69, 9.17) is 4.74 Å². The summed E-state index contributed by atoms with van der Waals surface area (Å²) in [6.07, 6.45) is 43.7. The first-order chi connectivity index (χ1) is 22.2. The minimum Gasteiger partial charge on any atom is -0.396 e. The van der Waals surface area contributed by atoms with Crippen molar-refractivity contribution in [2.45, 2.75) is 232 Å². The van der Waals surface area contributed by atoms with E-state index in [2.05, 4.69) is 13.8 Å². The average molecular weight is 641 g/mol. The van der Waals surface area contributed by atoms with Gasteiger partial charge in [-0.3, -0.25) is 0 Å². The molecule has 1 atom stereocenters. The Bertz CT molecular complexity index is 527. The van der Waals surface area contributed by atoms with Crippen molar-refractivity contribution in [2.24, 2.45) is 5.41 Å². The second-order valence-corrected chi connectivity index (χ2v) is 14.6. The molecule has 0 aromatic heterocycles. The lowest BCUT2D eigenvalue weighted by Gasteiger charge is -2.36. The van der Waals surface area contributed by atoms with E-state index in [1.54, 1.807) is 0 Å². The highest BCUT2D eigenvalue weighted by molar-refractivity contribution is 4.86. The van der Waals surface area contributed by atoms with Crippen LogP contribution in [0.5, 0.6) is 0 Å². The van der Waals surface area contributed by atoms with E-state index in [1.165, 1.54) is 186 Å². The Morgan fingerprint density at radius 1 is 0.356 bits per heavy atom. The van der Waals surface area contributed by atoms with Gasteiger partial charge in [0.1, 0.15) is 0 Å². The summed E-state index contributed by atoms with van der Waals surface area (Å²) in [4.78, 5) is 0. The molecule has 1 unspecified atom stereocenters.